The van der Waals surface area contributed by atoms with Gasteiger partial charge in [-0.1, -0.05) is 12.8 Å². The monoisotopic (exact) mass is 348 g/mol. The Morgan fingerprint density at radius 2 is 2.08 bits per heavy atom. The van der Waals surface area contributed by atoms with Crippen molar-refractivity contribution in [1.29, 1.82) is 0 Å². The van der Waals surface area contributed by atoms with Crippen molar-refractivity contribution in [1.82, 2.24) is 5.32 Å². The number of carbonyl (C=O) groups excluding carboxylic acids is 3. The van der Waals surface area contributed by atoms with Crippen molar-refractivity contribution in [3.63, 3.8) is 0 Å². The topological polar surface area (TPSA) is 84.5 Å². The zero-order chi connectivity index (χ0) is 17.1. The van der Waals surface area contributed by atoms with E-state index in [2.05, 4.69) is 10.6 Å². The van der Waals surface area contributed by atoms with Gasteiger partial charge >= 0.3 is 5.97 Å². The Balaban J connectivity index is 1.60. The molecule has 1 saturated carbocycles. The lowest BCUT2D eigenvalue weighted by molar-refractivity contribution is -0.129. The van der Waals surface area contributed by atoms with Crippen molar-refractivity contribution in [2.24, 2.45) is 0 Å². The Labute approximate surface area is 144 Å². The maximum absolute atomic E-state index is 12.2. The van der Waals surface area contributed by atoms with Crippen LogP contribution in [-0.2, 0) is 14.3 Å². The zero-order valence-corrected chi connectivity index (χ0v) is 14.3. The first-order chi connectivity index (χ1) is 11.5. The van der Waals surface area contributed by atoms with Crippen molar-refractivity contribution in [3.8, 4) is 0 Å². The van der Waals surface area contributed by atoms with E-state index in [1.165, 1.54) is 11.8 Å². The molecule has 1 heterocycles. The molecule has 2 amide bonds. The van der Waals surface area contributed by atoms with Crippen LogP contribution in [0.1, 0.15) is 43.0 Å². The van der Waals surface area contributed by atoms with Crippen LogP contribution in [0.2, 0.25) is 0 Å². The molecule has 0 saturated heterocycles. The first-order valence-electron chi connectivity index (χ1n) is 8.11. The lowest BCUT2D eigenvalue weighted by Gasteiger charge is -2.19. The average molecular weight is 348 g/mol. The second kappa shape index (κ2) is 7.25. The van der Waals surface area contributed by atoms with E-state index >= 15 is 0 Å². The number of hydrogen-bond acceptors (Lipinski definition) is 5. The quantitative estimate of drug-likeness (QED) is 0.816. The lowest BCUT2D eigenvalue weighted by Crippen LogP contribution is -2.40. The summed E-state index contributed by atoms with van der Waals surface area (Å²) in [5, 5.41) is 5.65. The van der Waals surface area contributed by atoms with Gasteiger partial charge < -0.3 is 15.4 Å². The molecule has 24 heavy (non-hydrogen) atoms. The number of rotatable bonds is 4. The van der Waals surface area contributed by atoms with Gasteiger partial charge in [0.05, 0.1) is 17.0 Å². The molecule has 0 aromatic heterocycles. The number of ether oxygens (including phenoxy) is 1. The zero-order valence-electron chi connectivity index (χ0n) is 13.5. The Kier molecular flexibility index (Phi) is 5.08. The Hall–Kier alpha value is -2.02. The number of thioether (sulfide) groups is 1. The first kappa shape index (κ1) is 16.8. The van der Waals surface area contributed by atoms with Gasteiger partial charge in [-0.05, 0) is 38.0 Å². The summed E-state index contributed by atoms with van der Waals surface area (Å²) >= 11 is 1.43. The third-order valence-corrected chi connectivity index (χ3v) is 5.28. The molecule has 0 spiro atoms. The van der Waals surface area contributed by atoms with Gasteiger partial charge in [-0.3, -0.25) is 9.59 Å². The summed E-state index contributed by atoms with van der Waals surface area (Å²) in [6.07, 6.45) is 3.36. The van der Waals surface area contributed by atoms with E-state index in [0.29, 0.717) is 17.0 Å². The SMILES string of the molecule is C[C@@H](OC(=O)c1ccc2c(c1)NC(=O)CS2)C(=O)NC1CCCC1. The fourth-order valence-corrected chi connectivity index (χ4v) is 3.67. The second-order valence-electron chi connectivity index (χ2n) is 6.09. The largest absolute Gasteiger partial charge is 0.449 e. The number of esters is 1. The van der Waals surface area contributed by atoms with Gasteiger partial charge in [-0.15, -0.1) is 11.8 Å². The number of amides is 2. The second-order valence-corrected chi connectivity index (χ2v) is 7.10. The minimum absolute atomic E-state index is 0.0951. The van der Waals surface area contributed by atoms with E-state index in [1.807, 2.05) is 0 Å². The van der Waals surface area contributed by atoms with Crippen molar-refractivity contribution < 1.29 is 19.1 Å². The minimum atomic E-state index is -0.849. The molecule has 0 unspecified atom stereocenters. The molecule has 6 nitrogen and oxygen atoms in total. The van der Waals surface area contributed by atoms with Crippen LogP contribution in [0.5, 0.6) is 0 Å². The van der Waals surface area contributed by atoms with Gasteiger partial charge in [-0.2, -0.15) is 0 Å². The highest BCUT2D eigenvalue weighted by Gasteiger charge is 2.24. The van der Waals surface area contributed by atoms with Crippen LogP contribution < -0.4 is 10.6 Å². The van der Waals surface area contributed by atoms with Crippen molar-refractivity contribution in [2.75, 3.05) is 11.1 Å². The van der Waals surface area contributed by atoms with Crippen molar-refractivity contribution in [2.45, 2.75) is 49.6 Å². The molecule has 1 aliphatic heterocycles. The Morgan fingerprint density at radius 1 is 1.33 bits per heavy atom. The summed E-state index contributed by atoms with van der Waals surface area (Å²) in [5.74, 6) is -0.564. The highest BCUT2D eigenvalue weighted by atomic mass is 32.2. The van der Waals surface area contributed by atoms with Gasteiger partial charge in [0.15, 0.2) is 6.10 Å². The maximum Gasteiger partial charge on any atom is 0.338 e. The standard InChI is InChI=1S/C17H20N2O4S/c1-10(16(21)18-12-4-2-3-5-12)23-17(22)11-6-7-14-13(8-11)19-15(20)9-24-14/h6-8,10,12H,2-5,9H2,1H3,(H,18,21)(H,19,20)/t10-/m1/s1. The number of fused-ring (bicyclic) bond motifs is 1. The highest BCUT2D eigenvalue weighted by molar-refractivity contribution is 8.00. The van der Waals surface area contributed by atoms with E-state index in [1.54, 1.807) is 25.1 Å². The molecule has 0 radical (unpaired) electrons. The molecule has 0 bridgehead atoms. The van der Waals surface area contributed by atoms with Crippen LogP contribution in [-0.4, -0.2) is 35.7 Å². The lowest BCUT2D eigenvalue weighted by atomic mass is 10.2. The molecule has 1 fully saturated rings. The van der Waals surface area contributed by atoms with Crippen LogP contribution in [0.25, 0.3) is 0 Å². The first-order valence-corrected chi connectivity index (χ1v) is 9.09. The third-order valence-electron chi connectivity index (χ3n) is 4.20. The minimum Gasteiger partial charge on any atom is -0.449 e. The van der Waals surface area contributed by atoms with E-state index in [0.717, 1.165) is 30.6 Å². The Bertz CT molecular complexity index is 671. The van der Waals surface area contributed by atoms with E-state index in [-0.39, 0.29) is 17.9 Å². The average Bonchev–Trinajstić information content (AvgIpc) is 3.06. The van der Waals surface area contributed by atoms with Crippen molar-refractivity contribution in [3.05, 3.63) is 23.8 Å². The molecule has 7 heteroatoms. The van der Waals surface area contributed by atoms with Crippen molar-refractivity contribution >= 4 is 35.2 Å². The maximum atomic E-state index is 12.2. The summed E-state index contributed by atoms with van der Waals surface area (Å²) in [7, 11) is 0. The highest BCUT2D eigenvalue weighted by Crippen LogP contribution is 2.32. The molecular formula is C17H20N2O4S. The number of anilines is 1. The normalized spacial score (nSPS) is 18.5. The molecular weight excluding hydrogens is 328 g/mol. The molecule has 2 N–H and O–H groups in total. The predicted molar refractivity (Wildman–Crippen MR) is 91.1 cm³/mol. The molecule has 128 valence electrons. The van der Waals surface area contributed by atoms with Gasteiger partial charge in [0.1, 0.15) is 0 Å². The summed E-state index contributed by atoms with van der Waals surface area (Å²) in [6.45, 7) is 1.57. The summed E-state index contributed by atoms with van der Waals surface area (Å²) in [4.78, 5) is 36.7. The van der Waals surface area contributed by atoms with E-state index in [4.69, 9.17) is 4.74 Å². The van der Waals surface area contributed by atoms with Crippen LogP contribution in [0, 0.1) is 0 Å². The summed E-state index contributed by atoms with van der Waals surface area (Å²) in [6, 6.07) is 5.20. The van der Waals surface area contributed by atoms with Gasteiger partial charge in [0.2, 0.25) is 5.91 Å². The number of nitrogens with one attached hydrogen (secondary N) is 2. The fraction of sp³-hybridized carbons (Fsp3) is 0.471. The summed E-state index contributed by atoms with van der Waals surface area (Å²) in [5.41, 5.74) is 0.922. The predicted octanol–water partition coefficient (Wildman–Crippen LogP) is 2.33. The van der Waals surface area contributed by atoms with Crippen LogP contribution in [0.15, 0.2) is 23.1 Å². The molecule has 1 atom stereocenters. The number of carbonyl (C=O) groups is 3. The molecule has 1 aliphatic carbocycles. The molecule has 2 aliphatic rings. The number of benzene rings is 1. The Morgan fingerprint density at radius 3 is 2.83 bits per heavy atom. The van der Waals surface area contributed by atoms with E-state index < -0.39 is 12.1 Å². The smallest absolute Gasteiger partial charge is 0.338 e. The van der Waals surface area contributed by atoms with Gasteiger partial charge in [0, 0.05) is 10.9 Å². The number of hydrogen-bond donors (Lipinski definition) is 2. The van der Waals surface area contributed by atoms with Crippen LogP contribution in [0.4, 0.5) is 5.69 Å². The molecule has 3 rings (SSSR count). The fourth-order valence-electron chi connectivity index (χ4n) is 2.88. The molecule has 1 aromatic rings. The summed E-state index contributed by atoms with van der Waals surface area (Å²) < 4.78 is 5.26. The van der Waals surface area contributed by atoms with Crippen LogP contribution in [0.3, 0.4) is 0 Å². The molecule has 1 aromatic carbocycles. The van der Waals surface area contributed by atoms with Gasteiger partial charge in [-0.25, -0.2) is 4.79 Å². The van der Waals surface area contributed by atoms with Gasteiger partial charge in [0.25, 0.3) is 5.91 Å². The van der Waals surface area contributed by atoms with E-state index in [9.17, 15) is 14.4 Å². The third kappa shape index (κ3) is 3.90. The van der Waals surface area contributed by atoms with Crippen LogP contribution >= 0.6 is 11.8 Å².